The highest BCUT2D eigenvalue weighted by Gasteiger charge is 2.37. The maximum Gasteiger partial charge on any atom is 0.262 e. The highest BCUT2D eigenvalue weighted by atomic mass is 16.2. The number of fused-ring (bicyclic) bond motifs is 1. The first-order chi connectivity index (χ1) is 15.5. The highest BCUT2D eigenvalue weighted by Crippen LogP contribution is 2.22. The summed E-state index contributed by atoms with van der Waals surface area (Å²) in [5.74, 6) is 0.289. The number of carbonyl (C=O) groups is 3. The Bertz CT molecular complexity index is 1160. The van der Waals surface area contributed by atoms with Gasteiger partial charge in [-0.3, -0.25) is 19.3 Å². The fourth-order valence-corrected chi connectivity index (χ4v) is 3.95. The van der Waals surface area contributed by atoms with Crippen LogP contribution in [0.15, 0.2) is 48.7 Å². The minimum absolute atomic E-state index is 0.241. The van der Waals surface area contributed by atoms with Gasteiger partial charge in [-0.2, -0.15) is 5.10 Å². The first kappa shape index (κ1) is 19.9. The molecule has 162 valence electrons. The van der Waals surface area contributed by atoms with Gasteiger partial charge in [-0.05, 0) is 37.3 Å². The molecule has 4 heterocycles. The summed E-state index contributed by atoms with van der Waals surface area (Å²) >= 11 is 0. The molecule has 3 amide bonds. The lowest BCUT2D eigenvalue weighted by atomic mass is 10.1. The summed E-state index contributed by atoms with van der Waals surface area (Å²) in [7, 11) is 0. The van der Waals surface area contributed by atoms with Gasteiger partial charge in [0, 0.05) is 32.4 Å². The number of carbonyl (C=O) groups excluding carboxylic acids is 3. The Morgan fingerprint density at radius 3 is 2.06 bits per heavy atom. The Hall–Kier alpha value is -4.08. The van der Waals surface area contributed by atoms with Gasteiger partial charge in [0.1, 0.15) is 6.54 Å². The highest BCUT2D eigenvalue weighted by molar-refractivity contribution is 6.22. The number of aryl methyl sites for hydroxylation is 1. The molecule has 0 atom stereocenters. The topological polar surface area (TPSA) is 105 Å². The molecule has 2 aliphatic rings. The smallest absolute Gasteiger partial charge is 0.262 e. The Morgan fingerprint density at radius 1 is 0.875 bits per heavy atom. The van der Waals surface area contributed by atoms with Crippen LogP contribution in [0, 0.1) is 6.92 Å². The van der Waals surface area contributed by atoms with Crippen molar-refractivity contribution in [3.63, 3.8) is 0 Å². The van der Waals surface area contributed by atoms with E-state index in [0.29, 0.717) is 43.1 Å². The van der Waals surface area contributed by atoms with Crippen molar-refractivity contribution in [3.8, 4) is 5.82 Å². The predicted molar refractivity (Wildman–Crippen MR) is 114 cm³/mol. The number of benzene rings is 1. The second-order valence-electron chi connectivity index (χ2n) is 7.76. The molecule has 0 spiro atoms. The molecule has 0 aliphatic carbocycles. The normalized spacial score (nSPS) is 16.0. The lowest BCUT2D eigenvalue weighted by molar-refractivity contribution is -0.131. The number of amides is 3. The molecular formula is C22H21N7O3. The molecule has 0 N–H and O–H groups in total. The molecule has 10 nitrogen and oxygen atoms in total. The van der Waals surface area contributed by atoms with Gasteiger partial charge in [0.25, 0.3) is 11.8 Å². The van der Waals surface area contributed by atoms with Crippen LogP contribution in [-0.4, -0.2) is 80.2 Å². The van der Waals surface area contributed by atoms with E-state index in [4.69, 9.17) is 0 Å². The van der Waals surface area contributed by atoms with Gasteiger partial charge < -0.3 is 9.80 Å². The standard InChI is InChI=1S/C22H21N7O3/c1-15-8-9-29(25-15)19-7-6-18(23-24-19)26-10-12-27(13-11-26)20(30)14-28-21(31)16-4-2-3-5-17(16)22(28)32/h2-9H,10-14H2,1H3. The number of hydrogen-bond donors (Lipinski definition) is 0. The lowest BCUT2D eigenvalue weighted by Crippen LogP contribution is -2.52. The zero-order valence-electron chi connectivity index (χ0n) is 17.5. The third kappa shape index (κ3) is 3.49. The zero-order valence-corrected chi connectivity index (χ0v) is 17.5. The van der Waals surface area contributed by atoms with Gasteiger partial charge in [-0.1, -0.05) is 12.1 Å². The first-order valence-electron chi connectivity index (χ1n) is 10.4. The van der Waals surface area contributed by atoms with Crippen molar-refractivity contribution in [2.75, 3.05) is 37.6 Å². The Labute approximate surface area is 184 Å². The second kappa shape index (κ2) is 7.88. The van der Waals surface area contributed by atoms with E-state index in [-0.39, 0.29) is 12.5 Å². The molecule has 1 fully saturated rings. The van der Waals surface area contributed by atoms with E-state index in [1.165, 1.54) is 0 Å². The van der Waals surface area contributed by atoms with E-state index >= 15 is 0 Å². The summed E-state index contributed by atoms with van der Waals surface area (Å²) in [4.78, 5) is 42.5. The molecule has 10 heteroatoms. The molecule has 2 aliphatic heterocycles. The predicted octanol–water partition coefficient (Wildman–Crippen LogP) is 0.916. The Balaban J connectivity index is 1.18. The SMILES string of the molecule is Cc1ccn(-c2ccc(N3CCN(C(=O)CN4C(=O)c5ccccc5C4=O)CC3)nn2)n1. The van der Waals surface area contributed by atoms with Crippen molar-refractivity contribution in [1.82, 2.24) is 29.8 Å². The summed E-state index contributed by atoms with van der Waals surface area (Å²) in [5, 5.41) is 12.9. The number of imide groups is 1. The Morgan fingerprint density at radius 2 is 1.50 bits per heavy atom. The molecule has 0 unspecified atom stereocenters. The quantitative estimate of drug-likeness (QED) is 0.566. The molecule has 0 saturated carbocycles. The number of piperazine rings is 1. The number of nitrogens with zero attached hydrogens (tertiary/aromatic N) is 7. The van der Waals surface area contributed by atoms with Crippen LogP contribution in [0.2, 0.25) is 0 Å². The maximum absolute atomic E-state index is 12.8. The summed E-state index contributed by atoms with van der Waals surface area (Å²) in [6, 6.07) is 12.3. The van der Waals surface area contributed by atoms with Crippen LogP contribution in [0.1, 0.15) is 26.4 Å². The van der Waals surface area contributed by atoms with Crippen molar-refractivity contribution in [2.45, 2.75) is 6.92 Å². The van der Waals surface area contributed by atoms with Crippen molar-refractivity contribution >= 4 is 23.5 Å². The molecule has 1 aromatic carbocycles. The van der Waals surface area contributed by atoms with Crippen LogP contribution in [0.4, 0.5) is 5.82 Å². The summed E-state index contributed by atoms with van der Waals surface area (Å²) in [6.07, 6.45) is 1.83. The van der Waals surface area contributed by atoms with E-state index in [0.717, 1.165) is 16.4 Å². The molecular weight excluding hydrogens is 410 g/mol. The largest absolute Gasteiger partial charge is 0.352 e. The molecule has 0 bridgehead atoms. The van der Waals surface area contributed by atoms with Crippen molar-refractivity contribution in [1.29, 1.82) is 0 Å². The van der Waals surface area contributed by atoms with Gasteiger partial charge in [0.2, 0.25) is 5.91 Å². The number of hydrogen-bond acceptors (Lipinski definition) is 7. The van der Waals surface area contributed by atoms with Gasteiger partial charge >= 0.3 is 0 Å². The van der Waals surface area contributed by atoms with Crippen LogP contribution in [0.3, 0.4) is 0 Å². The molecule has 2 aromatic heterocycles. The van der Waals surface area contributed by atoms with Crippen molar-refractivity contribution in [3.05, 3.63) is 65.5 Å². The van der Waals surface area contributed by atoms with Crippen molar-refractivity contribution < 1.29 is 14.4 Å². The van der Waals surface area contributed by atoms with Gasteiger partial charge in [-0.25, -0.2) is 4.68 Å². The molecule has 5 rings (SSSR count). The number of aromatic nitrogens is 4. The minimum Gasteiger partial charge on any atom is -0.352 e. The lowest BCUT2D eigenvalue weighted by Gasteiger charge is -2.35. The van der Waals surface area contributed by atoms with Gasteiger partial charge in [-0.15, -0.1) is 10.2 Å². The van der Waals surface area contributed by atoms with Crippen LogP contribution in [0.25, 0.3) is 5.82 Å². The van der Waals surface area contributed by atoms with Gasteiger partial charge in [0.15, 0.2) is 11.6 Å². The van der Waals surface area contributed by atoms with E-state index in [2.05, 4.69) is 20.2 Å². The van der Waals surface area contributed by atoms with E-state index in [1.807, 2.05) is 31.3 Å². The molecule has 32 heavy (non-hydrogen) atoms. The summed E-state index contributed by atoms with van der Waals surface area (Å²) in [6.45, 7) is 3.79. The third-order valence-corrected chi connectivity index (χ3v) is 5.72. The van der Waals surface area contributed by atoms with Gasteiger partial charge in [0.05, 0.1) is 16.8 Å². The van der Waals surface area contributed by atoms with E-state index in [9.17, 15) is 14.4 Å². The van der Waals surface area contributed by atoms with Crippen LogP contribution >= 0.6 is 0 Å². The molecule has 1 saturated heterocycles. The fourth-order valence-electron chi connectivity index (χ4n) is 3.95. The number of anilines is 1. The van der Waals surface area contributed by atoms with Crippen molar-refractivity contribution in [2.24, 2.45) is 0 Å². The Kier molecular flexibility index (Phi) is 4.89. The van der Waals surface area contributed by atoms with Crippen LogP contribution in [-0.2, 0) is 4.79 Å². The zero-order chi connectivity index (χ0) is 22.2. The van der Waals surface area contributed by atoms with Crippen LogP contribution < -0.4 is 4.90 Å². The summed E-state index contributed by atoms with van der Waals surface area (Å²) in [5.41, 5.74) is 1.60. The fraction of sp³-hybridized carbons (Fsp3) is 0.273. The summed E-state index contributed by atoms with van der Waals surface area (Å²) < 4.78 is 1.67. The molecule has 3 aromatic rings. The maximum atomic E-state index is 12.8. The first-order valence-corrected chi connectivity index (χ1v) is 10.4. The average molecular weight is 431 g/mol. The van der Waals surface area contributed by atoms with E-state index in [1.54, 1.807) is 33.8 Å². The molecule has 0 radical (unpaired) electrons. The number of rotatable bonds is 4. The second-order valence-corrected chi connectivity index (χ2v) is 7.76. The monoisotopic (exact) mass is 431 g/mol. The van der Waals surface area contributed by atoms with Crippen LogP contribution in [0.5, 0.6) is 0 Å². The average Bonchev–Trinajstić information content (AvgIpc) is 3.37. The van der Waals surface area contributed by atoms with E-state index < -0.39 is 11.8 Å². The third-order valence-electron chi connectivity index (χ3n) is 5.72. The minimum atomic E-state index is -0.416.